The summed E-state index contributed by atoms with van der Waals surface area (Å²) in [6, 6.07) is 12.5. The van der Waals surface area contributed by atoms with Gasteiger partial charge in [-0.1, -0.05) is 29.3 Å². The highest BCUT2D eigenvalue weighted by atomic mass is 35.5. The molecule has 0 saturated heterocycles. The van der Waals surface area contributed by atoms with Crippen LogP contribution in [0.3, 0.4) is 0 Å². The van der Waals surface area contributed by atoms with Crippen molar-refractivity contribution in [3.05, 3.63) is 81.6 Å². The average Bonchev–Trinajstić information content (AvgIpc) is 3.23. The highest BCUT2D eigenvalue weighted by Crippen LogP contribution is 2.32. The normalized spacial score (nSPS) is 12.6. The Morgan fingerprint density at radius 1 is 0.969 bits per heavy atom. The standard InChI is InChI=1S/C21H15Cl2FN2O5S/c22-15-4-3-14(9-16(15)23)26-21(27)13-2-5-17(24)20(8-13)32(28,29)25-10-12-1-6-18-19(7-12)31-11-30-18/h1-9,25H,10-11H2,(H,26,27). The topological polar surface area (TPSA) is 93.7 Å². The van der Waals surface area contributed by atoms with Gasteiger partial charge in [-0.05, 0) is 54.1 Å². The lowest BCUT2D eigenvalue weighted by Gasteiger charge is -2.11. The Labute approximate surface area is 193 Å². The molecule has 3 aromatic carbocycles. The molecule has 0 aliphatic carbocycles. The first-order valence-electron chi connectivity index (χ1n) is 9.17. The lowest BCUT2D eigenvalue weighted by molar-refractivity contribution is 0.102. The minimum absolute atomic E-state index is 0.0547. The molecule has 1 aliphatic rings. The molecule has 1 heterocycles. The first kappa shape index (κ1) is 22.3. The van der Waals surface area contributed by atoms with Gasteiger partial charge in [0.15, 0.2) is 11.5 Å². The van der Waals surface area contributed by atoms with Crippen molar-refractivity contribution in [1.82, 2.24) is 4.72 Å². The third-order valence-electron chi connectivity index (χ3n) is 4.56. The Balaban J connectivity index is 1.51. The van der Waals surface area contributed by atoms with Gasteiger partial charge in [-0.25, -0.2) is 17.5 Å². The van der Waals surface area contributed by atoms with Gasteiger partial charge in [-0.3, -0.25) is 4.79 Å². The van der Waals surface area contributed by atoms with Crippen LogP contribution in [0.15, 0.2) is 59.5 Å². The summed E-state index contributed by atoms with van der Waals surface area (Å²) in [6.07, 6.45) is 0. The fraction of sp³-hybridized carbons (Fsp3) is 0.0952. The van der Waals surface area contributed by atoms with Gasteiger partial charge in [0.1, 0.15) is 10.7 Å². The van der Waals surface area contributed by atoms with E-state index in [4.69, 9.17) is 32.7 Å². The minimum Gasteiger partial charge on any atom is -0.454 e. The number of amides is 1. The molecule has 32 heavy (non-hydrogen) atoms. The van der Waals surface area contributed by atoms with Gasteiger partial charge >= 0.3 is 0 Å². The van der Waals surface area contributed by atoms with Crippen molar-refractivity contribution >= 4 is 44.8 Å². The summed E-state index contributed by atoms with van der Waals surface area (Å²) in [5.41, 5.74) is 0.881. The Hall–Kier alpha value is -2.85. The number of hydrogen-bond donors (Lipinski definition) is 2. The molecule has 0 saturated carbocycles. The number of benzene rings is 3. The maximum atomic E-state index is 14.3. The molecule has 0 unspecified atom stereocenters. The van der Waals surface area contributed by atoms with E-state index >= 15 is 0 Å². The third-order valence-corrected chi connectivity index (χ3v) is 6.72. The van der Waals surface area contributed by atoms with Crippen molar-refractivity contribution in [1.29, 1.82) is 0 Å². The van der Waals surface area contributed by atoms with E-state index in [2.05, 4.69) is 10.0 Å². The van der Waals surface area contributed by atoms with Crippen LogP contribution in [0.25, 0.3) is 0 Å². The van der Waals surface area contributed by atoms with E-state index in [1.54, 1.807) is 18.2 Å². The molecular weight excluding hydrogens is 482 g/mol. The molecular formula is C21H15Cl2FN2O5S. The van der Waals surface area contributed by atoms with Crippen molar-refractivity contribution in [2.75, 3.05) is 12.1 Å². The monoisotopic (exact) mass is 496 g/mol. The van der Waals surface area contributed by atoms with Crippen LogP contribution in [0.4, 0.5) is 10.1 Å². The molecule has 0 bridgehead atoms. The van der Waals surface area contributed by atoms with Crippen molar-refractivity contribution in [3.63, 3.8) is 0 Å². The molecule has 7 nitrogen and oxygen atoms in total. The zero-order valence-electron chi connectivity index (χ0n) is 16.2. The summed E-state index contributed by atoms with van der Waals surface area (Å²) in [5.74, 6) is -0.581. The number of hydrogen-bond acceptors (Lipinski definition) is 5. The molecule has 0 spiro atoms. The van der Waals surface area contributed by atoms with Gasteiger partial charge in [0.05, 0.1) is 10.0 Å². The molecule has 0 atom stereocenters. The van der Waals surface area contributed by atoms with E-state index in [-0.39, 0.29) is 23.9 Å². The molecule has 11 heteroatoms. The number of fused-ring (bicyclic) bond motifs is 1. The number of ether oxygens (including phenoxy) is 2. The van der Waals surface area contributed by atoms with Crippen LogP contribution in [0.2, 0.25) is 10.0 Å². The maximum Gasteiger partial charge on any atom is 0.255 e. The van der Waals surface area contributed by atoms with E-state index in [0.717, 1.165) is 12.1 Å². The summed E-state index contributed by atoms with van der Waals surface area (Å²) < 4.78 is 52.5. The summed E-state index contributed by atoms with van der Waals surface area (Å²) in [6.45, 7) is -0.0229. The number of nitrogens with one attached hydrogen (secondary N) is 2. The van der Waals surface area contributed by atoms with Crippen LogP contribution in [-0.2, 0) is 16.6 Å². The molecule has 2 N–H and O–H groups in total. The molecule has 4 rings (SSSR count). The van der Waals surface area contributed by atoms with Crippen LogP contribution in [0.1, 0.15) is 15.9 Å². The second kappa shape index (κ2) is 8.95. The van der Waals surface area contributed by atoms with Gasteiger partial charge < -0.3 is 14.8 Å². The quantitative estimate of drug-likeness (QED) is 0.520. The number of sulfonamides is 1. The van der Waals surface area contributed by atoms with Gasteiger partial charge in [-0.15, -0.1) is 0 Å². The Morgan fingerprint density at radius 3 is 2.53 bits per heavy atom. The number of carbonyl (C=O) groups is 1. The molecule has 3 aromatic rings. The lowest BCUT2D eigenvalue weighted by atomic mass is 10.2. The van der Waals surface area contributed by atoms with Crippen LogP contribution in [0.5, 0.6) is 11.5 Å². The van der Waals surface area contributed by atoms with E-state index in [1.807, 2.05) is 0 Å². The van der Waals surface area contributed by atoms with E-state index in [0.29, 0.717) is 27.8 Å². The Bertz CT molecular complexity index is 1320. The second-order valence-corrected chi connectivity index (χ2v) is 9.29. The minimum atomic E-state index is -4.26. The molecule has 0 radical (unpaired) electrons. The summed E-state index contributed by atoms with van der Waals surface area (Å²) in [7, 11) is -4.26. The van der Waals surface area contributed by atoms with Crippen LogP contribution in [0, 0.1) is 5.82 Å². The molecule has 0 fully saturated rings. The predicted molar refractivity (Wildman–Crippen MR) is 117 cm³/mol. The van der Waals surface area contributed by atoms with Crippen molar-refractivity contribution in [2.24, 2.45) is 0 Å². The lowest BCUT2D eigenvalue weighted by Crippen LogP contribution is -2.25. The van der Waals surface area contributed by atoms with Gasteiger partial charge in [0.2, 0.25) is 16.8 Å². The predicted octanol–water partition coefficient (Wildman–Crippen LogP) is 4.59. The van der Waals surface area contributed by atoms with Gasteiger partial charge in [-0.2, -0.15) is 0 Å². The van der Waals surface area contributed by atoms with Crippen molar-refractivity contribution < 1.29 is 27.1 Å². The SMILES string of the molecule is O=C(Nc1ccc(Cl)c(Cl)c1)c1ccc(F)c(S(=O)(=O)NCc2ccc3c(c2)OCO3)c1. The fourth-order valence-electron chi connectivity index (χ4n) is 2.93. The van der Waals surface area contributed by atoms with Crippen LogP contribution < -0.4 is 19.5 Å². The zero-order valence-corrected chi connectivity index (χ0v) is 18.5. The van der Waals surface area contributed by atoms with E-state index in [9.17, 15) is 17.6 Å². The number of carbonyl (C=O) groups excluding carboxylic acids is 1. The van der Waals surface area contributed by atoms with Crippen molar-refractivity contribution in [3.8, 4) is 11.5 Å². The average molecular weight is 497 g/mol. The second-order valence-electron chi connectivity index (χ2n) is 6.74. The number of halogens is 3. The first-order valence-corrected chi connectivity index (χ1v) is 11.4. The number of rotatable bonds is 6. The largest absolute Gasteiger partial charge is 0.454 e. The van der Waals surface area contributed by atoms with Crippen molar-refractivity contribution in [2.45, 2.75) is 11.4 Å². The first-order chi connectivity index (χ1) is 15.2. The highest BCUT2D eigenvalue weighted by molar-refractivity contribution is 7.89. The molecule has 0 aromatic heterocycles. The Morgan fingerprint density at radius 2 is 1.75 bits per heavy atom. The van der Waals surface area contributed by atoms with Crippen LogP contribution >= 0.6 is 23.2 Å². The van der Waals surface area contributed by atoms with Gasteiger partial charge in [0, 0.05) is 17.8 Å². The highest BCUT2D eigenvalue weighted by Gasteiger charge is 2.22. The molecule has 166 valence electrons. The zero-order chi connectivity index (χ0) is 22.9. The molecule has 1 aliphatic heterocycles. The number of anilines is 1. The fourth-order valence-corrected chi connectivity index (χ4v) is 4.35. The maximum absolute atomic E-state index is 14.3. The Kier molecular flexibility index (Phi) is 6.25. The summed E-state index contributed by atoms with van der Waals surface area (Å²) in [5, 5.41) is 3.11. The summed E-state index contributed by atoms with van der Waals surface area (Å²) >= 11 is 11.8. The summed E-state index contributed by atoms with van der Waals surface area (Å²) in [4.78, 5) is 11.9. The van der Waals surface area contributed by atoms with Gasteiger partial charge in [0.25, 0.3) is 5.91 Å². The van der Waals surface area contributed by atoms with E-state index < -0.39 is 26.6 Å². The third kappa shape index (κ3) is 4.81. The van der Waals surface area contributed by atoms with Crippen LogP contribution in [-0.4, -0.2) is 21.1 Å². The molecule has 1 amide bonds. The van der Waals surface area contributed by atoms with E-state index in [1.165, 1.54) is 24.3 Å². The smallest absolute Gasteiger partial charge is 0.255 e.